The van der Waals surface area contributed by atoms with Crippen molar-refractivity contribution in [2.45, 2.75) is 72.1 Å². The average Bonchev–Trinajstić information content (AvgIpc) is 3.09. The summed E-state index contributed by atoms with van der Waals surface area (Å²) in [6.07, 6.45) is 7.96. The summed E-state index contributed by atoms with van der Waals surface area (Å²) in [5.74, 6) is -0.782. The fraction of sp³-hybridized carbons (Fsp3) is 0.462. The zero-order valence-electron chi connectivity index (χ0n) is 27.9. The second kappa shape index (κ2) is 12.8. The Morgan fingerprint density at radius 2 is 1.53 bits per heavy atom. The monoisotopic (exact) mass is 635 g/mol. The van der Waals surface area contributed by atoms with E-state index in [1.165, 1.54) is 71.1 Å². The van der Waals surface area contributed by atoms with Crippen molar-refractivity contribution in [2.24, 2.45) is 0 Å². The number of nitrogens with zero attached hydrogens (tertiary/aromatic N) is 3. The van der Waals surface area contributed by atoms with E-state index in [1.807, 2.05) is 0 Å². The van der Waals surface area contributed by atoms with Gasteiger partial charge >= 0.3 is 5.97 Å². The van der Waals surface area contributed by atoms with E-state index in [9.17, 15) is 19.8 Å². The molecule has 0 bridgehead atoms. The van der Waals surface area contributed by atoms with Gasteiger partial charge in [-0.05, 0) is 99.1 Å². The molecule has 8 rings (SSSR count). The Morgan fingerprint density at radius 1 is 0.851 bits per heavy atom. The van der Waals surface area contributed by atoms with E-state index in [1.54, 1.807) is 0 Å². The molecule has 0 spiro atoms. The predicted molar refractivity (Wildman–Crippen MR) is 181 cm³/mol. The summed E-state index contributed by atoms with van der Waals surface area (Å²) >= 11 is 0. The summed E-state index contributed by atoms with van der Waals surface area (Å²) < 4.78 is 9.48. The van der Waals surface area contributed by atoms with Gasteiger partial charge in [0.15, 0.2) is 0 Å². The Kier molecular flexibility index (Phi) is 8.56. The number of aryl methyl sites for hydroxylation is 2. The number of carboxylic acid groups (broad SMARTS) is 2. The lowest BCUT2D eigenvalue weighted by atomic mass is 9.81. The first-order valence-electron chi connectivity index (χ1n) is 17.6. The van der Waals surface area contributed by atoms with Gasteiger partial charge in [-0.1, -0.05) is 26.8 Å². The van der Waals surface area contributed by atoms with Crippen LogP contribution >= 0.6 is 0 Å². The minimum Gasteiger partial charge on any atom is -0.545 e. The van der Waals surface area contributed by atoms with Crippen molar-refractivity contribution < 1.29 is 24.5 Å². The van der Waals surface area contributed by atoms with Crippen LogP contribution in [0.15, 0.2) is 30.3 Å². The maximum Gasteiger partial charge on any atom is 0.336 e. The third-order valence-electron chi connectivity index (χ3n) is 10.8. The summed E-state index contributed by atoms with van der Waals surface area (Å²) in [6, 6.07) is 8.60. The molecule has 0 atom stereocenters. The predicted octanol–water partition coefficient (Wildman–Crippen LogP) is 3.53. The van der Waals surface area contributed by atoms with E-state index in [0.717, 1.165) is 105 Å². The van der Waals surface area contributed by atoms with Crippen LogP contribution in [-0.2, 0) is 25.7 Å². The Balaban J connectivity index is 0.000000455. The van der Waals surface area contributed by atoms with Crippen molar-refractivity contribution in [3.63, 3.8) is 0 Å². The van der Waals surface area contributed by atoms with Crippen LogP contribution in [0.2, 0.25) is 0 Å². The van der Waals surface area contributed by atoms with Crippen LogP contribution in [0.4, 0.5) is 5.69 Å². The van der Waals surface area contributed by atoms with Gasteiger partial charge in [-0.15, -0.1) is 0 Å². The van der Waals surface area contributed by atoms with Crippen molar-refractivity contribution in [3.05, 3.63) is 85.4 Å². The topological polar surface area (TPSA) is 96.2 Å². The van der Waals surface area contributed by atoms with Gasteiger partial charge in [0.25, 0.3) is 0 Å². The summed E-state index contributed by atoms with van der Waals surface area (Å²) in [5.41, 5.74) is 8.32. The van der Waals surface area contributed by atoms with Crippen LogP contribution in [0, 0.1) is 0 Å². The minimum atomic E-state index is -1.32. The maximum atomic E-state index is 12.6. The van der Waals surface area contributed by atoms with Gasteiger partial charge in [-0.25, -0.2) is 9.37 Å². The highest BCUT2D eigenvalue weighted by molar-refractivity contribution is 6.01. The molecule has 0 unspecified atom stereocenters. The lowest BCUT2D eigenvalue weighted by molar-refractivity contribution is -0.255. The molecule has 5 aliphatic rings. The van der Waals surface area contributed by atoms with E-state index in [0.29, 0.717) is 5.56 Å². The van der Waals surface area contributed by atoms with E-state index in [2.05, 4.69) is 47.3 Å². The van der Waals surface area contributed by atoms with Crippen molar-refractivity contribution >= 4 is 23.2 Å². The van der Waals surface area contributed by atoms with Gasteiger partial charge in [-0.2, -0.15) is 0 Å². The molecule has 0 saturated heterocycles. The van der Waals surface area contributed by atoms with Crippen molar-refractivity contribution in [2.75, 3.05) is 50.7 Å². The zero-order valence-corrected chi connectivity index (χ0v) is 27.9. The lowest BCUT2D eigenvalue weighted by Gasteiger charge is -2.39. The van der Waals surface area contributed by atoms with E-state index < -0.39 is 11.9 Å². The van der Waals surface area contributed by atoms with Crippen LogP contribution in [-0.4, -0.2) is 67.8 Å². The van der Waals surface area contributed by atoms with Gasteiger partial charge in [0.1, 0.15) is 24.6 Å². The number of carboxylic acids is 2. The number of ether oxygens (including phenoxy) is 1. The molecule has 0 amide bonds. The molecule has 3 aromatic carbocycles. The molecule has 1 N–H and O–H groups in total. The number of benzene rings is 3. The molecule has 0 fully saturated rings. The number of fused-ring (bicyclic) bond motifs is 4. The zero-order chi connectivity index (χ0) is 32.8. The molecule has 8 heteroatoms. The third-order valence-corrected chi connectivity index (χ3v) is 10.8. The third kappa shape index (κ3) is 5.40. The van der Waals surface area contributed by atoms with E-state index in [-0.39, 0.29) is 11.1 Å². The van der Waals surface area contributed by atoms with Gasteiger partial charge in [0.05, 0.1) is 17.1 Å². The first-order chi connectivity index (χ1) is 22.8. The highest BCUT2D eigenvalue weighted by atomic mass is 16.5. The number of hydrogen-bond donors (Lipinski definition) is 1. The largest absolute Gasteiger partial charge is 0.545 e. The van der Waals surface area contributed by atoms with Crippen molar-refractivity contribution in [1.29, 1.82) is 0 Å². The maximum absolute atomic E-state index is 12.6. The molecule has 0 radical (unpaired) electrons. The summed E-state index contributed by atoms with van der Waals surface area (Å²) in [6.45, 7) is 14.3. The summed E-state index contributed by atoms with van der Waals surface area (Å²) in [4.78, 5) is 29.4. The molecular weight excluding hydrogens is 590 g/mol. The highest BCUT2D eigenvalue weighted by Gasteiger charge is 2.36. The van der Waals surface area contributed by atoms with Crippen LogP contribution in [0.3, 0.4) is 0 Å². The lowest BCUT2D eigenvalue weighted by Crippen LogP contribution is -2.45. The first-order valence-corrected chi connectivity index (χ1v) is 17.6. The normalized spacial score (nSPS) is 17.1. The first kappa shape index (κ1) is 31.4. The smallest absolute Gasteiger partial charge is 0.336 e. The standard InChI is InChI=1S/C33H30N2O5.C6H15N/c36-32(37)20-9-10-21(33(38)39)24(17-20)27-25-15-18-5-1-11-34-13-3-7-22(28(18)34)30(25)40-31-23-8-4-14-35-12-2-6-19(29(23)35)16-26(27)31;1-4-7(5-2)6-3/h9-10,15-17H,1-8,11-14H2,(H-,36,37,38,39);4-6H2,1-3H3. The molecule has 3 aromatic rings. The number of rotatable bonds is 6. The average molecular weight is 636 g/mol. The van der Waals surface area contributed by atoms with E-state index in [4.69, 9.17) is 4.74 Å². The second-order valence-electron chi connectivity index (χ2n) is 13.3. The number of anilines is 1. The van der Waals surface area contributed by atoms with Gasteiger partial charge in [0, 0.05) is 59.1 Å². The molecule has 0 aliphatic carbocycles. The minimum absolute atomic E-state index is 0.0296. The van der Waals surface area contributed by atoms with Gasteiger partial charge in [0.2, 0.25) is 5.36 Å². The molecule has 8 nitrogen and oxygen atoms in total. The fourth-order valence-corrected chi connectivity index (χ4v) is 8.54. The summed E-state index contributed by atoms with van der Waals surface area (Å²) in [5, 5.41) is 24.4. The SMILES string of the molecule is CCN(CC)CC.O=C([O-])c1ccc(C(=O)O)c(C2=c3cc4c5c(c3Oc3c2cc2c6c3CCCN6CCC2)CCC[N+]=5CCC4)c1. The fourth-order valence-electron chi connectivity index (χ4n) is 8.54. The summed E-state index contributed by atoms with van der Waals surface area (Å²) in [7, 11) is 0. The van der Waals surface area contributed by atoms with Crippen LogP contribution < -0.4 is 29.9 Å². The van der Waals surface area contributed by atoms with Gasteiger partial charge < -0.3 is 29.5 Å². The molecule has 0 aromatic heterocycles. The molecule has 246 valence electrons. The number of aromatic carboxylic acids is 2. The van der Waals surface area contributed by atoms with E-state index >= 15 is 0 Å². The molecule has 0 saturated carbocycles. The molecular formula is C39H45N3O5. The number of carbonyl (C=O) groups is 2. The van der Waals surface area contributed by atoms with Gasteiger partial charge in [-0.3, -0.25) is 0 Å². The Bertz CT molecular complexity index is 1900. The number of carbonyl (C=O) groups excluding carboxylic acids is 1. The molecule has 5 heterocycles. The number of hydrogen-bond acceptors (Lipinski definition) is 6. The Morgan fingerprint density at radius 3 is 2.21 bits per heavy atom. The van der Waals surface area contributed by atoms with Crippen LogP contribution in [0.1, 0.15) is 101 Å². The molecule has 47 heavy (non-hydrogen) atoms. The van der Waals surface area contributed by atoms with Crippen molar-refractivity contribution in [1.82, 2.24) is 9.48 Å². The quantitative estimate of drug-likeness (QED) is 0.324. The molecule has 5 aliphatic heterocycles. The highest BCUT2D eigenvalue weighted by Crippen LogP contribution is 2.48. The van der Waals surface area contributed by atoms with Crippen LogP contribution in [0.25, 0.3) is 5.57 Å². The van der Waals surface area contributed by atoms with Crippen LogP contribution in [0.5, 0.6) is 11.5 Å². The Labute approximate surface area is 276 Å². The van der Waals surface area contributed by atoms with Crippen molar-refractivity contribution in [3.8, 4) is 11.5 Å². The Hall–Kier alpha value is -4.17. The second-order valence-corrected chi connectivity index (χ2v) is 13.3.